The van der Waals surface area contributed by atoms with Gasteiger partial charge in [0.25, 0.3) is 0 Å². The Kier molecular flexibility index (Phi) is 8.45. The Hall–Kier alpha value is -5.61. The van der Waals surface area contributed by atoms with E-state index in [1.807, 2.05) is 0 Å². The first-order chi connectivity index (χ1) is 24.2. The summed E-state index contributed by atoms with van der Waals surface area (Å²) in [6.45, 7) is 2.42. The third kappa shape index (κ3) is 5.89. The first-order valence-corrected chi connectivity index (χ1v) is 19.4. The Bertz CT molecular complexity index is 2220. The number of hydrogen-bond donors (Lipinski definition) is 0. The van der Waals surface area contributed by atoms with Crippen LogP contribution in [0, 0.1) is 0 Å². The van der Waals surface area contributed by atoms with Crippen LogP contribution in [0.15, 0.2) is 188 Å². The van der Waals surface area contributed by atoms with Crippen LogP contribution in [0.2, 0.25) is 11.6 Å². The Labute approximate surface area is 294 Å². The average Bonchev–Trinajstić information content (AvgIpc) is 3.17. The minimum Gasteiger partial charge on any atom is -0.308 e. The van der Waals surface area contributed by atoms with Gasteiger partial charge in [0, 0.05) is 22.1 Å². The maximum atomic E-state index is 7.85. The van der Waals surface area contributed by atoms with Gasteiger partial charge in [-0.3, -0.25) is 0 Å². The Morgan fingerprint density at radius 1 is 0.388 bits per heavy atom. The molecule has 0 aromatic heterocycles. The lowest BCUT2D eigenvalue weighted by atomic mass is 10.0. The zero-order valence-electron chi connectivity index (χ0n) is 27.2. The fraction of sp³-hybridized carbons (Fsp3) is 0.0222. The normalized spacial score (nSPS) is 11.8. The highest BCUT2D eigenvalue weighted by molar-refractivity contribution is 6.84. The fourth-order valence-electron chi connectivity index (χ4n) is 6.90. The van der Waals surface area contributed by atoms with Crippen molar-refractivity contribution in [3.05, 3.63) is 193 Å². The molecule has 0 heterocycles. The van der Waals surface area contributed by atoms with E-state index in [0.717, 1.165) is 34.1 Å². The summed E-state index contributed by atoms with van der Waals surface area (Å²) in [5, 5.41) is 8.08. The number of para-hydroxylation sites is 2. The molecule has 0 aliphatic rings. The molecule has 0 N–H and O–H groups in total. The van der Waals surface area contributed by atoms with Gasteiger partial charge >= 0.3 is 0 Å². The van der Waals surface area contributed by atoms with Gasteiger partial charge in [0.05, 0.1) is 36.6 Å². The lowest BCUT2D eigenvalue weighted by Gasteiger charge is -2.33. The molecule has 0 saturated heterocycles. The highest BCUT2D eigenvalue weighted by Gasteiger charge is 2.26. The standard InChI is InChI=1S/C45H35ClN2Si/c1-49(37-25-9-4-10-26-37)38-31-43(47(35-21-5-2-6-22-35)41-29-15-19-33-17-11-13-27-39(33)41)45(46)44(32-38)48(36-23-7-3-8-24-36)42-30-16-20-34-18-12-14-28-40(34)42/h2-32,49H,1H3. The lowest BCUT2D eigenvalue weighted by molar-refractivity contribution is 1.27. The van der Waals surface area contributed by atoms with Crippen LogP contribution in [0.25, 0.3) is 21.5 Å². The Morgan fingerprint density at radius 2 is 0.776 bits per heavy atom. The van der Waals surface area contributed by atoms with E-state index in [1.165, 1.54) is 31.9 Å². The van der Waals surface area contributed by atoms with Crippen molar-refractivity contribution >= 4 is 86.4 Å². The van der Waals surface area contributed by atoms with Gasteiger partial charge in [-0.2, -0.15) is 0 Å². The minimum atomic E-state index is -1.66. The van der Waals surface area contributed by atoms with E-state index in [0.29, 0.717) is 5.02 Å². The number of anilines is 6. The van der Waals surface area contributed by atoms with Crippen LogP contribution in [-0.4, -0.2) is 8.80 Å². The second-order valence-corrected chi connectivity index (χ2v) is 15.5. The molecule has 0 spiro atoms. The molecule has 236 valence electrons. The molecule has 0 aliphatic heterocycles. The number of halogens is 1. The second-order valence-electron chi connectivity index (χ2n) is 12.3. The van der Waals surface area contributed by atoms with E-state index >= 15 is 0 Å². The maximum Gasteiger partial charge on any atom is 0.0999 e. The van der Waals surface area contributed by atoms with Crippen LogP contribution in [0.1, 0.15) is 0 Å². The zero-order chi connectivity index (χ0) is 33.2. The van der Waals surface area contributed by atoms with E-state index in [2.05, 4.69) is 204 Å². The predicted molar refractivity (Wildman–Crippen MR) is 215 cm³/mol. The average molecular weight is 667 g/mol. The van der Waals surface area contributed by atoms with Crippen molar-refractivity contribution in [1.82, 2.24) is 0 Å². The van der Waals surface area contributed by atoms with Crippen molar-refractivity contribution in [3.63, 3.8) is 0 Å². The van der Waals surface area contributed by atoms with Crippen LogP contribution in [0.4, 0.5) is 34.1 Å². The molecule has 0 fully saturated rings. The van der Waals surface area contributed by atoms with Gasteiger partial charge in [-0.15, -0.1) is 0 Å². The SMILES string of the molecule is C[SiH](c1ccccc1)c1cc(N(c2ccccc2)c2cccc3ccccc23)c(Cl)c(N(c2ccccc2)c2cccc3ccccc23)c1. The van der Waals surface area contributed by atoms with Gasteiger partial charge in [-0.05, 0) is 59.3 Å². The molecular weight excluding hydrogens is 632 g/mol. The lowest BCUT2D eigenvalue weighted by Crippen LogP contribution is -2.39. The van der Waals surface area contributed by atoms with Crippen molar-refractivity contribution in [2.24, 2.45) is 0 Å². The molecule has 1 unspecified atom stereocenters. The van der Waals surface area contributed by atoms with Gasteiger partial charge < -0.3 is 9.80 Å². The maximum absolute atomic E-state index is 7.85. The molecule has 0 saturated carbocycles. The van der Waals surface area contributed by atoms with Gasteiger partial charge in [0.15, 0.2) is 0 Å². The van der Waals surface area contributed by atoms with Gasteiger partial charge in [0.2, 0.25) is 0 Å². The van der Waals surface area contributed by atoms with Crippen LogP contribution in [-0.2, 0) is 0 Å². The molecule has 8 aromatic carbocycles. The largest absolute Gasteiger partial charge is 0.308 e. The number of benzene rings is 8. The van der Waals surface area contributed by atoms with Crippen molar-refractivity contribution in [2.45, 2.75) is 6.55 Å². The second kappa shape index (κ2) is 13.5. The molecule has 8 rings (SSSR count). The predicted octanol–water partition coefficient (Wildman–Crippen LogP) is 11.6. The smallest absolute Gasteiger partial charge is 0.0999 e. The third-order valence-electron chi connectivity index (χ3n) is 9.38. The monoisotopic (exact) mass is 666 g/mol. The van der Waals surface area contributed by atoms with Crippen molar-refractivity contribution in [3.8, 4) is 0 Å². The van der Waals surface area contributed by atoms with Crippen LogP contribution < -0.4 is 20.2 Å². The molecule has 49 heavy (non-hydrogen) atoms. The summed E-state index contributed by atoms with van der Waals surface area (Å²) in [5.41, 5.74) is 6.17. The summed E-state index contributed by atoms with van der Waals surface area (Å²) in [6.07, 6.45) is 0. The van der Waals surface area contributed by atoms with Gasteiger partial charge in [0.1, 0.15) is 0 Å². The molecule has 8 aromatic rings. The molecule has 0 aliphatic carbocycles. The molecule has 1 atom stereocenters. The number of hydrogen-bond acceptors (Lipinski definition) is 2. The summed E-state index contributed by atoms with van der Waals surface area (Å²) in [4.78, 5) is 4.69. The quantitative estimate of drug-likeness (QED) is 0.149. The molecule has 0 radical (unpaired) electrons. The van der Waals surface area contributed by atoms with Crippen LogP contribution >= 0.6 is 11.6 Å². The van der Waals surface area contributed by atoms with E-state index in [1.54, 1.807) is 0 Å². The molecule has 2 nitrogen and oxygen atoms in total. The van der Waals surface area contributed by atoms with E-state index < -0.39 is 8.80 Å². The van der Waals surface area contributed by atoms with Gasteiger partial charge in [-0.1, -0.05) is 168 Å². The summed E-state index contributed by atoms with van der Waals surface area (Å²) in [6, 6.07) is 67.0. The highest BCUT2D eigenvalue weighted by atomic mass is 35.5. The Balaban J connectivity index is 1.46. The Morgan fingerprint density at radius 3 is 1.24 bits per heavy atom. The van der Waals surface area contributed by atoms with E-state index in [9.17, 15) is 0 Å². The zero-order valence-corrected chi connectivity index (χ0v) is 29.2. The highest BCUT2D eigenvalue weighted by Crippen LogP contribution is 2.48. The van der Waals surface area contributed by atoms with E-state index in [4.69, 9.17) is 11.6 Å². The number of nitrogens with zero attached hydrogens (tertiary/aromatic N) is 2. The van der Waals surface area contributed by atoms with Crippen molar-refractivity contribution in [1.29, 1.82) is 0 Å². The summed E-state index contributed by atoms with van der Waals surface area (Å²) in [7, 11) is -1.66. The molecular formula is C45H35ClN2Si. The van der Waals surface area contributed by atoms with E-state index in [-0.39, 0.29) is 0 Å². The fourth-order valence-corrected chi connectivity index (χ4v) is 9.18. The topological polar surface area (TPSA) is 6.48 Å². The first-order valence-electron chi connectivity index (χ1n) is 16.7. The molecule has 0 amide bonds. The van der Waals surface area contributed by atoms with Crippen molar-refractivity contribution in [2.75, 3.05) is 9.80 Å². The molecule has 0 bridgehead atoms. The number of fused-ring (bicyclic) bond motifs is 2. The first kappa shape index (κ1) is 30.7. The third-order valence-corrected chi connectivity index (χ3v) is 12.5. The van der Waals surface area contributed by atoms with Crippen LogP contribution in [0.5, 0.6) is 0 Å². The van der Waals surface area contributed by atoms with Gasteiger partial charge in [-0.25, -0.2) is 0 Å². The number of rotatable bonds is 8. The summed E-state index contributed by atoms with van der Waals surface area (Å²) >= 11 is 7.85. The minimum absolute atomic E-state index is 0.687. The molecule has 4 heteroatoms. The summed E-state index contributed by atoms with van der Waals surface area (Å²) < 4.78 is 0. The summed E-state index contributed by atoms with van der Waals surface area (Å²) in [5.74, 6) is 0. The van der Waals surface area contributed by atoms with Crippen molar-refractivity contribution < 1.29 is 0 Å². The van der Waals surface area contributed by atoms with Crippen LogP contribution in [0.3, 0.4) is 0 Å².